The topological polar surface area (TPSA) is 90.7 Å². The van der Waals surface area contributed by atoms with Crippen LogP contribution in [0.15, 0.2) is 24.3 Å². The number of likely N-dealkylation sites (tertiary alicyclic amines) is 1. The van der Waals surface area contributed by atoms with Gasteiger partial charge >= 0.3 is 6.09 Å². The smallest absolute Gasteiger partial charge is 0.417 e. The highest BCUT2D eigenvalue weighted by molar-refractivity contribution is 5.97. The van der Waals surface area contributed by atoms with Crippen molar-refractivity contribution in [2.24, 2.45) is 5.92 Å². The summed E-state index contributed by atoms with van der Waals surface area (Å²) in [5.41, 5.74) is 1.62. The molecule has 0 aliphatic carbocycles. The van der Waals surface area contributed by atoms with E-state index in [0.29, 0.717) is 38.0 Å². The van der Waals surface area contributed by atoms with Crippen LogP contribution >= 0.6 is 0 Å². The predicted molar refractivity (Wildman–Crippen MR) is 82.6 cm³/mol. The molecule has 0 spiro atoms. The lowest BCUT2D eigenvalue weighted by molar-refractivity contribution is -0.138. The van der Waals surface area contributed by atoms with E-state index >= 15 is 0 Å². The molecule has 0 N–H and O–H groups in total. The van der Waals surface area contributed by atoms with Crippen LogP contribution in [0.25, 0.3) is 0 Å². The van der Waals surface area contributed by atoms with Crippen LogP contribution in [0.5, 0.6) is 0 Å². The van der Waals surface area contributed by atoms with Gasteiger partial charge in [0, 0.05) is 32.0 Å². The minimum Gasteiger partial charge on any atom is -0.439 e. The van der Waals surface area contributed by atoms with Gasteiger partial charge in [-0.05, 0) is 24.1 Å². The monoisotopic (exact) mass is 327 g/mol. The van der Waals surface area contributed by atoms with E-state index in [4.69, 9.17) is 5.26 Å². The Balaban J connectivity index is 1.41. The van der Waals surface area contributed by atoms with Gasteiger partial charge in [-0.3, -0.25) is 9.59 Å². The molecule has 3 rings (SSSR count). The Hall–Kier alpha value is -2.88. The number of nitriles is 1. The highest BCUT2D eigenvalue weighted by Crippen LogP contribution is 2.20. The first-order valence-electron chi connectivity index (χ1n) is 7.81. The van der Waals surface area contributed by atoms with Crippen LogP contribution in [0.3, 0.4) is 0 Å². The number of imide groups is 1. The number of benzene rings is 1. The normalized spacial score (nSPS) is 17.5. The zero-order chi connectivity index (χ0) is 17.1. The number of ether oxygens (including phenoxy) is 1. The van der Waals surface area contributed by atoms with Gasteiger partial charge < -0.3 is 9.64 Å². The first-order valence-corrected chi connectivity index (χ1v) is 7.81. The number of rotatable bonds is 5. The van der Waals surface area contributed by atoms with E-state index in [9.17, 15) is 14.4 Å². The van der Waals surface area contributed by atoms with E-state index in [1.807, 2.05) is 12.1 Å². The predicted octanol–water partition coefficient (Wildman–Crippen LogP) is 0.928. The average molecular weight is 327 g/mol. The Kier molecular flexibility index (Phi) is 4.47. The van der Waals surface area contributed by atoms with Gasteiger partial charge in [-0.15, -0.1) is 0 Å². The molecular weight excluding hydrogens is 310 g/mol. The van der Waals surface area contributed by atoms with Gasteiger partial charge in [0.2, 0.25) is 5.91 Å². The summed E-state index contributed by atoms with van der Waals surface area (Å²) in [6.45, 7) is 1.25. The Bertz CT molecular complexity index is 686. The molecule has 124 valence electrons. The number of aryl methyl sites for hydroxylation is 1. The second-order valence-electron chi connectivity index (χ2n) is 6.03. The van der Waals surface area contributed by atoms with Crippen molar-refractivity contribution in [3.63, 3.8) is 0 Å². The molecule has 0 aromatic heterocycles. The van der Waals surface area contributed by atoms with Gasteiger partial charge in [-0.2, -0.15) is 5.26 Å². The summed E-state index contributed by atoms with van der Waals surface area (Å²) in [5, 5.41) is 8.75. The van der Waals surface area contributed by atoms with Crippen molar-refractivity contribution in [3.05, 3.63) is 35.4 Å². The summed E-state index contributed by atoms with van der Waals surface area (Å²) in [7, 11) is 0. The summed E-state index contributed by atoms with van der Waals surface area (Å²) in [6.07, 6.45) is 0.442. The molecule has 2 saturated heterocycles. The van der Waals surface area contributed by atoms with E-state index in [1.165, 1.54) is 0 Å². The second-order valence-corrected chi connectivity index (χ2v) is 6.03. The molecule has 7 nitrogen and oxygen atoms in total. The molecule has 0 unspecified atom stereocenters. The van der Waals surface area contributed by atoms with Gasteiger partial charge in [0.1, 0.15) is 0 Å². The maximum absolute atomic E-state index is 12.1. The number of nitrogens with zero attached hydrogens (tertiary/aromatic N) is 3. The molecule has 7 heteroatoms. The lowest BCUT2D eigenvalue weighted by Gasteiger charge is -2.40. The van der Waals surface area contributed by atoms with Crippen LogP contribution in [-0.4, -0.2) is 53.9 Å². The van der Waals surface area contributed by atoms with Crippen LogP contribution in [0.4, 0.5) is 4.79 Å². The van der Waals surface area contributed by atoms with Crippen LogP contribution < -0.4 is 0 Å². The number of cyclic esters (lactones) is 1. The Morgan fingerprint density at radius 3 is 2.54 bits per heavy atom. The number of carbonyl (C=O) groups excluding carboxylic acids is 3. The molecule has 0 saturated carbocycles. The lowest BCUT2D eigenvalue weighted by Crippen LogP contribution is -2.54. The molecule has 0 atom stereocenters. The molecule has 2 heterocycles. The molecule has 2 aliphatic heterocycles. The Morgan fingerprint density at radius 2 is 1.96 bits per heavy atom. The maximum Gasteiger partial charge on any atom is 0.417 e. The third-order valence-corrected chi connectivity index (χ3v) is 4.30. The molecule has 2 aliphatic rings. The quantitative estimate of drug-likeness (QED) is 0.802. The van der Waals surface area contributed by atoms with Crippen molar-refractivity contribution in [2.45, 2.75) is 12.8 Å². The zero-order valence-corrected chi connectivity index (χ0v) is 13.1. The Labute approximate surface area is 139 Å². The summed E-state index contributed by atoms with van der Waals surface area (Å²) in [4.78, 5) is 37.8. The van der Waals surface area contributed by atoms with Crippen molar-refractivity contribution in [1.29, 1.82) is 5.26 Å². The molecule has 1 aromatic carbocycles. The third-order valence-electron chi connectivity index (χ3n) is 4.30. The van der Waals surface area contributed by atoms with Crippen molar-refractivity contribution in [2.75, 3.05) is 26.2 Å². The van der Waals surface area contributed by atoms with Crippen molar-refractivity contribution >= 4 is 17.9 Å². The van der Waals surface area contributed by atoms with E-state index in [-0.39, 0.29) is 24.3 Å². The van der Waals surface area contributed by atoms with Crippen LogP contribution in [0, 0.1) is 17.2 Å². The average Bonchev–Trinajstić information content (AvgIpc) is 2.87. The van der Waals surface area contributed by atoms with Gasteiger partial charge in [0.15, 0.2) is 6.61 Å². The van der Waals surface area contributed by atoms with Crippen LogP contribution in [0.1, 0.15) is 17.5 Å². The van der Waals surface area contributed by atoms with E-state index < -0.39 is 6.09 Å². The van der Waals surface area contributed by atoms with E-state index in [0.717, 1.165) is 10.5 Å². The number of hydrogen-bond acceptors (Lipinski definition) is 5. The van der Waals surface area contributed by atoms with E-state index in [2.05, 4.69) is 10.8 Å². The maximum atomic E-state index is 12.1. The summed E-state index contributed by atoms with van der Waals surface area (Å²) in [5.74, 6) is -0.130. The summed E-state index contributed by atoms with van der Waals surface area (Å²) >= 11 is 0. The van der Waals surface area contributed by atoms with Gasteiger partial charge in [0.25, 0.3) is 5.91 Å². The van der Waals surface area contributed by atoms with Crippen molar-refractivity contribution in [1.82, 2.24) is 9.80 Å². The minimum atomic E-state index is -0.592. The van der Waals surface area contributed by atoms with Crippen LogP contribution in [-0.2, 0) is 20.7 Å². The summed E-state index contributed by atoms with van der Waals surface area (Å²) < 4.78 is 4.66. The van der Waals surface area contributed by atoms with Crippen molar-refractivity contribution in [3.8, 4) is 6.07 Å². The standard InChI is InChI=1S/C17H17N3O4/c18-7-13-3-1-12(2-4-13)5-6-15(21)19-8-14(9-19)10-20-16(22)11-24-17(20)23/h1-4,14H,5-6,8-11H2. The molecule has 0 bridgehead atoms. The second kappa shape index (κ2) is 6.71. The third kappa shape index (κ3) is 3.38. The molecule has 24 heavy (non-hydrogen) atoms. The molecular formula is C17H17N3O4. The molecule has 1 aromatic rings. The van der Waals surface area contributed by atoms with Gasteiger partial charge in [0.05, 0.1) is 11.6 Å². The SMILES string of the molecule is N#Cc1ccc(CCC(=O)N2CC(CN3C(=O)COC3=O)C2)cc1. The van der Waals surface area contributed by atoms with Crippen LogP contribution in [0.2, 0.25) is 0 Å². The number of hydrogen-bond donors (Lipinski definition) is 0. The fraction of sp³-hybridized carbons (Fsp3) is 0.412. The highest BCUT2D eigenvalue weighted by Gasteiger charge is 2.38. The minimum absolute atomic E-state index is 0.0611. The zero-order valence-electron chi connectivity index (χ0n) is 13.1. The van der Waals surface area contributed by atoms with Gasteiger partial charge in [-0.25, -0.2) is 9.69 Å². The Morgan fingerprint density at radius 1 is 1.25 bits per heavy atom. The lowest BCUT2D eigenvalue weighted by atomic mass is 9.98. The number of amides is 3. The van der Waals surface area contributed by atoms with Gasteiger partial charge in [-0.1, -0.05) is 12.1 Å². The molecule has 0 radical (unpaired) electrons. The van der Waals surface area contributed by atoms with Crippen molar-refractivity contribution < 1.29 is 19.1 Å². The van der Waals surface area contributed by atoms with E-state index in [1.54, 1.807) is 17.0 Å². The molecule has 2 fully saturated rings. The fourth-order valence-electron chi connectivity index (χ4n) is 2.86. The number of carbonyl (C=O) groups is 3. The summed E-state index contributed by atoms with van der Waals surface area (Å²) in [6, 6.07) is 9.26. The first kappa shape index (κ1) is 16.0. The largest absolute Gasteiger partial charge is 0.439 e. The molecule has 3 amide bonds. The first-order chi connectivity index (χ1) is 11.6. The fourth-order valence-corrected chi connectivity index (χ4v) is 2.86. The highest BCUT2D eigenvalue weighted by atomic mass is 16.6.